The second-order valence-corrected chi connectivity index (χ2v) is 7.14. The van der Waals surface area contributed by atoms with Gasteiger partial charge in [0.05, 0.1) is 6.54 Å². The van der Waals surface area contributed by atoms with Crippen molar-refractivity contribution in [3.8, 4) is 0 Å². The first-order valence-electron chi connectivity index (χ1n) is 9.21. The van der Waals surface area contributed by atoms with Crippen LogP contribution in [-0.4, -0.2) is 92.1 Å². The Balaban J connectivity index is 1.29. The number of anilines is 1. The zero-order valence-electron chi connectivity index (χ0n) is 14.6. The lowest BCUT2D eigenvalue weighted by Gasteiger charge is -2.47. The zero-order chi connectivity index (χ0) is 17.2. The van der Waals surface area contributed by atoms with Crippen molar-refractivity contribution in [1.29, 1.82) is 0 Å². The van der Waals surface area contributed by atoms with Crippen LogP contribution in [0.2, 0.25) is 0 Å². The maximum absolute atomic E-state index is 13.1. The van der Waals surface area contributed by atoms with Crippen molar-refractivity contribution in [1.82, 2.24) is 14.7 Å². The molecule has 1 unspecified atom stereocenters. The lowest BCUT2D eigenvalue weighted by atomic mass is 10.1. The Bertz CT molecular complexity index is 602. The predicted molar refractivity (Wildman–Crippen MR) is 98.5 cm³/mol. The number of hydrogen-bond donors (Lipinski definition) is 1. The van der Waals surface area contributed by atoms with E-state index in [2.05, 4.69) is 24.6 Å². The summed E-state index contributed by atoms with van der Waals surface area (Å²) in [5, 5.41) is 0. The molecule has 7 heteroatoms. The summed E-state index contributed by atoms with van der Waals surface area (Å²) in [6.07, 6.45) is 0. The molecule has 0 spiro atoms. The summed E-state index contributed by atoms with van der Waals surface area (Å²) in [5.41, 5.74) is 7.31. The van der Waals surface area contributed by atoms with E-state index >= 15 is 0 Å². The molecule has 4 aliphatic heterocycles. The Labute approximate surface area is 148 Å². The van der Waals surface area contributed by atoms with E-state index in [-0.39, 0.29) is 5.82 Å². The highest BCUT2D eigenvalue weighted by Gasteiger charge is 2.31. The van der Waals surface area contributed by atoms with Crippen molar-refractivity contribution >= 4 is 11.6 Å². The van der Waals surface area contributed by atoms with E-state index in [4.69, 9.17) is 5.73 Å². The fraction of sp³-hybridized carbons (Fsp3) is 0.611. The summed E-state index contributed by atoms with van der Waals surface area (Å²) in [6, 6.07) is 7.22. The number of aliphatic imine (C=N–C) groups is 1. The van der Waals surface area contributed by atoms with Gasteiger partial charge in [0.15, 0.2) is 5.96 Å². The molecule has 4 heterocycles. The Morgan fingerprint density at radius 1 is 1.00 bits per heavy atom. The summed E-state index contributed by atoms with van der Waals surface area (Å²) in [5.74, 6) is 0.471. The van der Waals surface area contributed by atoms with Crippen LogP contribution in [0.1, 0.15) is 0 Å². The molecule has 5 rings (SSSR count). The third kappa shape index (κ3) is 3.72. The van der Waals surface area contributed by atoms with Crippen LogP contribution < -0.4 is 10.6 Å². The van der Waals surface area contributed by atoms with Gasteiger partial charge in [0, 0.05) is 70.6 Å². The Morgan fingerprint density at radius 2 is 1.68 bits per heavy atom. The van der Waals surface area contributed by atoms with E-state index in [0.29, 0.717) is 12.0 Å². The molecule has 0 amide bonds. The maximum atomic E-state index is 13.1. The first-order valence-corrected chi connectivity index (χ1v) is 9.21. The smallest absolute Gasteiger partial charge is 0.191 e. The molecule has 1 aromatic rings. The first kappa shape index (κ1) is 16.6. The molecule has 2 bridgehead atoms. The normalized spacial score (nSPS) is 30.0. The SMILES string of the molecule is NC(=NCC1CN2CCN1CC2)N1CCN(c2ccc(F)cc2)CC1. The van der Waals surface area contributed by atoms with Crippen molar-refractivity contribution in [3.63, 3.8) is 0 Å². The lowest BCUT2D eigenvalue weighted by Crippen LogP contribution is -2.62. The third-order valence-electron chi connectivity index (χ3n) is 5.65. The molecule has 2 N–H and O–H groups in total. The first-order chi connectivity index (χ1) is 12.2. The average molecular weight is 346 g/mol. The number of guanidine groups is 1. The van der Waals surface area contributed by atoms with Crippen molar-refractivity contribution in [2.45, 2.75) is 6.04 Å². The van der Waals surface area contributed by atoms with Gasteiger partial charge in [0.1, 0.15) is 5.82 Å². The standard InChI is InChI=1S/C18H27FN6/c19-15-1-3-16(4-2-15)23-9-11-25(12-10-23)18(20)21-13-17-14-22-5-7-24(17)8-6-22/h1-4,17H,5-14H2,(H2,20,21). The highest BCUT2D eigenvalue weighted by Crippen LogP contribution is 2.18. The van der Waals surface area contributed by atoms with E-state index in [9.17, 15) is 4.39 Å². The molecule has 0 aromatic heterocycles. The second kappa shape index (κ2) is 7.17. The number of rotatable bonds is 3. The number of hydrogen-bond acceptors (Lipinski definition) is 4. The fourth-order valence-electron chi connectivity index (χ4n) is 4.04. The van der Waals surface area contributed by atoms with Crippen LogP contribution in [0.25, 0.3) is 0 Å². The van der Waals surface area contributed by atoms with Gasteiger partial charge in [-0.1, -0.05) is 0 Å². The van der Waals surface area contributed by atoms with Crippen molar-refractivity contribution in [3.05, 3.63) is 30.1 Å². The van der Waals surface area contributed by atoms with Crippen LogP contribution in [0, 0.1) is 5.82 Å². The van der Waals surface area contributed by atoms with Crippen molar-refractivity contribution < 1.29 is 4.39 Å². The molecule has 1 aromatic carbocycles. The molecule has 25 heavy (non-hydrogen) atoms. The summed E-state index contributed by atoms with van der Waals surface area (Å²) in [6.45, 7) is 10.1. The zero-order valence-corrected chi connectivity index (χ0v) is 14.6. The third-order valence-corrected chi connectivity index (χ3v) is 5.65. The number of halogens is 1. The van der Waals surface area contributed by atoms with Gasteiger partial charge in [-0.3, -0.25) is 14.8 Å². The lowest BCUT2D eigenvalue weighted by molar-refractivity contribution is 0.0173. The highest BCUT2D eigenvalue weighted by molar-refractivity contribution is 5.78. The number of fused-ring (bicyclic) bond motifs is 3. The molecular formula is C18H27FN6. The van der Waals surface area contributed by atoms with Crippen molar-refractivity contribution in [2.75, 3.05) is 70.3 Å². The summed E-state index contributed by atoms with van der Waals surface area (Å²) >= 11 is 0. The number of nitrogens with zero attached hydrogens (tertiary/aromatic N) is 5. The summed E-state index contributed by atoms with van der Waals surface area (Å²) in [7, 11) is 0. The minimum Gasteiger partial charge on any atom is -0.370 e. The average Bonchev–Trinajstić information content (AvgIpc) is 2.68. The molecule has 4 saturated heterocycles. The highest BCUT2D eigenvalue weighted by atomic mass is 19.1. The molecule has 6 nitrogen and oxygen atoms in total. The van der Waals surface area contributed by atoms with Gasteiger partial charge in [0.25, 0.3) is 0 Å². The molecule has 0 aliphatic carbocycles. The van der Waals surface area contributed by atoms with Gasteiger partial charge < -0.3 is 15.5 Å². The van der Waals surface area contributed by atoms with Crippen LogP contribution in [0.4, 0.5) is 10.1 Å². The van der Waals surface area contributed by atoms with E-state index in [1.54, 1.807) is 0 Å². The maximum Gasteiger partial charge on any atom is 0.191 e. The molecule has 0 saturated carbocycles. The van der Waals surface area contributed by atoms with Gasteiger partial charge in [-0.2, -0.15) is 0 Å². The monoisotopic (exact) mass is 346 g/mol. The Kier molecular flexibility index (Phi) is 4.76. The largest absolute Gasteiger partial charge is 0.370 e. The van der Waals surface area contributed by atoms with Crippen LogP contribution in [-0.2, 0) is 0 Å². The van der Waals surface area contributed by atoms with E-state index < -0.39 is 0 Å². The van der Waals surface area contributed by atoms with Crippen LogP contribution in [0.5, 0.6) is 0 Å². The summed E-state index contributed by atoms with van der Waals surface area (Å²) in [4.78, 5) is 14.2. The van der Waals surface area contributed by atoms with Gasteiger partial charge in [0.2, 0.25) is 0 Å². The van der Waals surface area contributed by atoms with E-state index in [1.165, 1.54) is 25.2 Å². The van der Waals surface area contributed by atoms with Gasteiger partial charge in [-0.25, -0.2) is 4.39 Å². The van der Waals surface area contributed by atoms with Gasteiger partial charge in [-0.15, -0.1) is 0 Å². The van der Waals surface area contributed by atoms with Crippen LogP contribution in [0.15, 0.2) is 29.3 Å². The molecular weight excluding hydrogens is 319 g/mol. The van der Waals surface area contributed by atoms with Crippen LogP contribution >= 0.6 is 0 Å². The minimum atomic E-state index is -0.192. The Hall–Kier alpha value is -1.86. The quantitative estimate of drug-likeness (QED) is 0.629. The molecule has 136 valence electrons. The van der Waals surface area contributed by atoms with Crippen LogP contribution in [0.3, 0.4) is 0 Å². The number of benzene rings is 1. The molecule has 0 radical (unpaired) electrons. The van der Waals surface area contributed by atoms with Gasteiger partial charge in [-0.05, 0) is 24.3 Å². The van der Waals surface area contributed by atoms with E-state index in [0.717, 1.165) is 58.0 Å². The van der Waals surface area contributed by atoms with Crippen molar-refractivity contribution in [2.24, 2.45) is 10.7 Å². The number of piperazine rings is 4. The number of nitrogens with two attached hydrogens (primary N) is 1. The molecule has 1 atom stereocenters. The topological polar surface area (TPSA) is 51.3 Å². The summed E-state index contributed by atoms with van der Waals surface area (Å²) < 4.78 is 13.1. The molecule has 4 fully saturated rings. The Morgan fingerprint density at radius 3 is 2.28 bits per heavy atom. The van der Waals surface area contributed by atoms with Gasteiger partial charge >= 0.3 is 0 Å². The molecule has 4 aliphatic rings. The minimum absolute atomic E-state index is 0.192. The predicted octanol–water partition coefficient (Wildman–Crippen LogP) is 0.262. The fourth-order valence-corrected chi connectivity index (χ4v) is 4.04. The second-order valence-electron chi connectivity index (χ2n) is 7.14. The van der Waals surface area contributed by atoms with E-state index in [1.807, 2.05) is 12.1 Å².